The van der Waals surface area contributed by atoms with Gasteiger partial charge in [-0.3, -0.25) is 0 Å². The standard InChI is InChI=1S/C15H24N2O2S/c1-3-16-12-14-8-6-9-15(11-14)20(18,19)17-10-5-4-7-13(17)2/h6,8-9,11,13,16H,3-5,7,10,12H2,1-2H3. The summed E-state index contributed by atoms with van der Waals surface area (Å²) in [6, 6.07) is 7.38. The zero-order valence-corrected chi connectivity index (χ0v) is 13.1. The summed E-state index contributed by atoms with van der Waals surface area (Å²) in [7, 11) is -3.35. The predicted octanol–water partition coefficient (Wildman–Crippen LogP) is 2.36. The third-order valence-electron chi connectivity index (χ3n) is 3.83. The van der Waals surface area contributed by atoms with Gasteiger partial charge in [0.15, 0.2) is 0 Å². The zero-order valence-electron chi connectivity index (χ0n) is 12.3. The molecule has 5 heteroatoms. The van der Waals surface area contributed by atoms with Crippen LogP contribution in [0.2, 0.25) is 0 Å². The minimum absolute atomic E-state index is 0.103. The molecule has 1 saturated heterocycles. The van der Waals surface area contributed by atoms with Gasteiger partial charge in [-0.2, -0.15) is 4.31 Å². The highest BCUT2D eigenvalue weighted by atomic mass is 32.2. The van der Waals surface area contributed by atoms with Gasteiger partial charge in [0.1, 0.15) is 0 Å². The van der Waals surface area contributed by atoms with Crippen LogP contribution in [0.4, 0.5) is 0 Å². The summed E-state index contributed by atoms with van der Waals surface area (Å²) < 4.78 is 27.1. The van der Waals surface area contributed by atoms with E-state index in [1.165, 1.54) is 0 Å². The molecule has 4 nitrogen and oxygen atoms in total. The molecule has 1 aromatic carbocycles. The van der Waals surface area contributed by atoms with Crippen LogP contribution >= 0.6 is 0 Å². The van der Waals surface area contributed by atoms with E-state index in [2.05, 4.69) is 5.32 Å². The van der Waals surface area contributed by atoms with Crippen molar-refractivity contribution in [3.8, 4) is 0 Å². The zero-order chi connectivity index (χ0) is 14.6. The second kappa shape index (κ2) is 6.70. The van der Waals surface area contributed by atoms with E-state index in [9.17, 15) is 8.42 Å². The van der Waals surface area contributed by atoms with Gasteiger partial charge in [0.05, 0.1) is 4.90 Å². The van der Waals surface area contributed by atoms with E-state index in [1.807, 2.05) is 26.0 Å². The number of hydrogen-bond acceptors (Lipinski definition) is 3. The molecule has 0 aromatic heterocycles. The summed E-state index contributed by atoms with van der Waals surface area (Å²) in [4.78, 5) is 0.418. The molecule has 0 saturated carbocycles. The second-order valence-electron chi connectivity index (χ2n) is 5.39. The first-order valence-corrected chi connectivity index (χ1v) is 8.81. The van der Waals surface area contributed by atoms with Crippen LogP contribution in [0.3, 0.4) is 0 Å². The van der Waals surface area contributed by atoms with Gasteiger partial charge in [0.25, 0.3) is 0 Å². The lowest BCUT2D eigenvalue weighted by Crippen LogP contribution is -2.41. The van der Waals surface area contributed by atoms with Crippen LogP contribution < -0.4 is 5.32 Å². The normalized spacial score (nSPS) is 21.0. The van der Waals surface area contributed by atoms with Crippen LogP contribution in [0.15, 0.2) is 29.2 Å². The van der Waals surface area contributed by atoms with Gasteiger partial charge in [-0.05, 0) is 44.0 Å². The monoisotopic (exact) mass is 296 g/mol. The first-order chi connectivity index (χ1) is 9.55. The van der Waals surface area contributed by atoms with Crippen molar-refractivity contribution < 1.29 is 8.42 Å². The van der Waals surface area contributed by atoms with Crippen molar-refractivity contribution in [3.05, 3.63) is 29.8 Å². The Labute approximate surface area is 122 Å². The van der Waals surface area contributed by atoms with Crippen LogP contribution in [0.25, 0.3) is 0 Å². The summed E-state index contributed by atoms with van der Waals surface area (Å²) in [5.74, 6) is 0. The van der Waals surface area contributed by atoms with E-state index in [0.29, 0.717) is 18.0 Å². The molecule has 1 atom stereocenters. The maximum atomic E-state index is 12.7. The van der Waals surface area contributed by atoms with E-state index in [-0.39, 0.29) is 6.04 Å². The highest BCUT2D eigenvalue weighted by molar-refractivity contribution is 7.89. The molecule has 0 amide bonds. The molecule has 1 aromatic rings. The lowest BCUT2D eigenvalue weighted by atomic mass is 10.1. The third kappa shape index (κ3) is 3.40. The maximum absolute atomic E-state index is 12.7. The third-order valence-corrected chi connectivity index (χ3v) is 5.84. The second-order valence-corrected chi connectivity index (χ2v) is 7.28. The van der Waals surface area contributed by atoms with Crippen molar-refractivity contribution in [1.29, 1.82) is 0 Å². The number of hydrogen-bond donors (Lipinski definition) is 1. The molecule has 20 heavy (non-hydrogen) atoms. The average Bonchev–Trinajstić information content (AvgIpc) is 2.45. The first kappa shape index (κ1) is 15.5. The van der Waals surface area contributed by atoms with Crippen LogP contribution in [0, 0.1) is 0 Å². The molecule has 1 aliphatic rings. The highest BCUT2D eigenvalue weighted by Crippen LogP contribution is 2.25. The molecular formula is C15H24N2O2S. The summed E-state index contributed by atoms with van der Waals surface area (Å²) in [5, 5.41) is 3.22. The fourth-order valence-corrected chi connectivity index (χ4v) is 4.42. The van der Waals surface area contributed by atoms with Crippen LogP contribution in [-0.2, 0) is 16.6 Å². The highest BCUT2D eigenvalue weighted by Gasteiger charge is 2.30. The van der Waals surface area contributed by atoms with Gasteiger partial charge in [-0.25, -0.2) is 8.42 Å². The number of nitrogens with one attached hydrogen (secondary N) is 1. The lowest BCUT2D eigenvalue weighted by molar-refractivity contribution is 0.268. The topological polar surface area (TPSA) is 49.4 Å². The summed E-state index contributed by atoms with van der Waals surface area (Å²) in [6.07, 6.45) is 3.03. The number of sulfonamides is 1. The van der Waals surface area contributed by atoms with E-state index in [4.69, 9.17) is 0 Å². The quantitative estimate of drug-likeness (QED) is 0.907. The fraction of sp³-hybridized carbons (Fsp3) is 0.600. The number of benzene rings is 1. The number of nitrogens with zero attached hydrogens (tertiary/aromatic N) is 1. The summed E-state index contributed by atoms with van der Waals surface area (Å²) in [5.41, 5.74) is 1.01. The molecule has 0 spiro atoms. The van der Waals surface area contributed by atoms with Gasteiger partial charge in [-0.1, -0.05) is 25.5 Å². The molecule has 1 N–H and O–H groups in total. The van der Waals surface area contributed by atoms with Gasteiger partial charge in [0, 0.05) is 19.1 Å². The van der Waals surface area contributed by atoms with Crippen molar-refractivity contribution in [1.82, 2.24) is 9.62 Å². The SMILES string of the molecule is CCNCc1cccc(S(=O)(=O)N2CCCCC2C)c1. The Kier molecular flexibility index (Phi) is 5.18. The Morgan fingerprint density at radius 3 is 2.85 bits per heavy atom. The lowest BCUT2D eigenvalue weighted by Gasteiger charge is -2.32. The van der Waals surface area contributed by atoms with Gasteiger partial charge in [-0.15, -0.1) is 0 Å². The molecule has 1 unspecified atom stereocenters. The first-order valence-electron chi connectivity index (χ1n) is 7.37. The van der Waals surface area contributed by atoms with Crippen LogP contribution in [0.1, 0.15) is 38.7 Å². The molecule has 112 valence electrons. The van der Waals surface area contributed by atoms with Gasteiger partial charge >= 0.3 is 0 Å². The molecule has 1 fully saturated rings. The Morgan fingerprint density at radius 1 is 1.35 bits per heavy atom. The molecule has 0 bridgehead atoms. The summed E-state index contributed by atoms with van der Waals surface area (Å²) >= 11 is 0. The van der Waals surface area contributed by atoms with E-state index in [0.717, 1.165) is 31.4 Å². The fourth-order valence-electron chi connectivity index (χ4n) is 2.65. The predicted molar refractivity (Wildman–Crippen MR) is 81.0 cm³/mol. The van der Waals surface area contributed by atoms with Crippen LogP contribution in [-0.4, -0.2) is 31.9 Å². The maximum Gasteiger partial charge on any atom is 0.243 e. The van der Waals surface area contributed by atoms with Gasteiger partial charge in [0.2, 0.25) is 10.0 Å². The largest absolute Gasteiger partial charge is 0.313 e. The van der Waals surface area contributed by atoms with Crippen molar-refractivity contribution in [3.63, 3.8) is 0 Å². The number of piperidine rings is 1. The molecule has 2 rings (SSSR count). The summed E-state index contributed by atoms with van der Waals surface area (Å²) in [6.45, 7) is 6.26. The minimum Gasteiger partial charge on any atom is -0.313 e. The minimum atomic E-state index is -3.35. The van der Waals surface area contributed by atoms with Crippen LogP contribution in [0.5, 0.6) is 0 Å². The Balaban J connectivity index is 2.24. The Morgan fingerprint density at radius 2 is 2.15 bits per heavy atom. The van der Waals surface area contributed by atoms with Crippen molar-refractivity contribution in [2.24, 2.45) is 0 Å². The average molecular weight is 296 g/mol. The molecule has 0 radical (unpaired) electrons. The van der Waals surface area contributed by atoms with Crippen molar-refractivity contribution in [2.75, 3.05) is 13.1 Å². The van der Waals surface area contributed by atoms with Crippen molar-refractivity contribution >= 4 is 10.0 Å². The van der Waals surface area contributed by atoms with Crippen molar-refractivity contribution in [2.45, 2.75) is 50.6 Å². The van der Waals surface area contributed by atoms with E-state index in [1.54, 1.807) is 16.4 Å². The smallest absolute Gasteiger partial charge is 0.243 e. The Bertz CT molecular complexity index is 543. The molecule has 0 aliphatic carbocycles. The van der Waals surface area contributed by atoms with Gasteiger partial charge < -0.3 is 5.32 Å². The van der Waals surface area contributed by atoms with E-state index < -0.39 is 10.0 Å². The van der Waals surface area contributed by atoms with E-state index >= 15 is 0 Å². The number of rotatable bonds is 5. The molecule has 1 heterocycles. The molecular weight excluding hydrogens is 272 g/mol. The molecule has 1 aliphatic heterocycles. The Hall–Kier alpha value is -0.910.